The van der Waals surface area contributed by atoms with Crippen LogP contribution in [0.3, 0.4) is 0 Å². The van der Waals surface area contributed by atoms with Gasteiger partial charge >= 0.3 is 0 Å². The van der Waals surface area contributed by atoms with E-state index in [4.69, 9.17) is 5.73 Å². The molecule has 3 rings (SSSR count). The van der Waals surface area contributed by atoms with Crippen molar-refractivity contribution in [3.05, 3.63) is 53.3 Å². The number of hydrogen-bond acceptors (Lipinski definition) is 3. The molecule has 100 valence electrons. The van der Waals surface area contributed by atoms with Crippen LogP contribution in [0, 0.1) is 0 Å². The van der Waals surface area contributed by atoms with Crippen molar-refractivity contribution in [3.63, 3.8) is 0 Å². The number of rotatable bonds is 3. The minimum absolute atomic E-state index is 0.0716. The number of hydrogen-bond donors (Lipinski definition) is 2. The molecule has 0 fully saturated rings. The number of nitrogens with one attached hydrogen (secondary N) is 1. The molecule has 0 aliphatic heterocycles. The molecule has 2 aromatic rings. The van der Waals surface area contributed by atoms with E-state index in [-0.39, 0.29) is 18.1 Å². The monoisotopic (exact) mass is 256 g/mol. The Morgan fingerprint density at radius 1 is 1.37 bits per heavy atom. The molecule has 4 nitrogen and oxygen atoms in total. The van der Waals surface area contributed by atoms with Gasteiger partial charge in [0.05, 0.1) is 5.69 Å². The van der Waals surface area contributed by atoms with Crippen LogP contribution >= 0.6 is 0 Å². The summed E-state index contributed by atoms with van der Waals surface area (Å²) in [5.41, 5.74) is 10.0. The van der Waals surface area contributed by atoms with Gasteiger partial charge in [-0.2, -0.15) is 5.10 Å². The van der Waals surface area contributed by atoms with E-state index in [9.17, 15) is 0 Å². The van der Waals surface area contributed by atoms with E-state index in [1.54, 1.807) is 0 Å². The molecule has 1 aliphatic carbocycles. The van der Waals surface area contributed by atoms with E-state index in [1.807, 2.05) is 24.0 Å². The van der Waals surface area contributed by atoms with E-state index >= 15 is 0 Å². The summed E-state index contributed by atoms with van der Waals surface area (Å²) in [4.78, 5) is 0. The van der Waals surface area contributed by atoms with Gasteiger partial charge in [0.25, 0.3) is 0 Å². The fraction of sp³-hybridized carbons (Fsp3) is 0.400. The zero-order chi connectivity index (χ0) is 13.4. The maximum atomic E-state index is 6.33. The lowest BCUT2D eigenvalue weighted by molar-refractivity contribution is 0.411. The van der Waals surface area contributed by atoms with Gasteiger partial charge in [-0.05, 0) is 30.5 Å². The summed E-state index contributed by atoms with van der Waals surface area (Å²) in [6.07, 6.45) is 2.96. The van der Waals surface area contributed by atoms with Crippen LogP contribution in [-0.2, 0) is 13.5 Å². The molecule has 0 saturated carbocycles. The minimum Gasteiger partial charge on any atom is -0.323 e. The Hall–Kier alpha value is -1.65. The Bertz CT molecular complexity index is 575. The molecule has 1 heterocycles. The molecule has 3 N–H and O–H groups in total. The van der Waals surface area contributed by atoms with Crippen molar-refractivity contribution in [2.24, 2.45) is 12.8 Å². The van der Waals surface area contributed by atoms with Gasteiger partial charge in [0.2, 0.25) is 0 Å². The number of nitrogens with zero attached hydrogens (tertiary/aromatic N) is 2. The standard InChI is InChI=1S/C15H20N4/c1-10(13-7-8-19(2)18-13)17-14-9-11-5-3-4-6-12(11)15(14)16/h3-8,10,14-15,17H,9,16H2,1-2H3/t10?,14-,15-/m1/s1. The highest BCUT2D eigenvalue weighted by molar-refractivity contribution is 5.37. The Morgan fingerprint density at radius 2 is 2.16 bits per heavy atom. The fourth-order valence-corrected chi connectivity index (χ4v) is 2.86. The van der Waals surface area contributed by atoms with Crippen LogP contribution in [0.15, 0.2) is 36.5 Å². The molecule has 1 aromatic carbocycles. The highest BCUT2D eigenvalue weighted by Gasteiger charge is 2.30. The van der Waals surface area contributed by atoms with Crippen LogP contribution in [0.2, 0.25) is 0 Å². The van der Waals surface area contributed by atoms with Gasteiger partial charge in [-0.25, -0.2) is 0 Å². The number of aromatic nitrogens is 2. The molecule has 0 bridgehead atoms. The maximum Gasteiger partial charge on any atom is 0.0791 e. The molecule has 1 aromatic heterocycles. The van der Waals surface area contributed by atoms with Gasteiger partial charge in [-0.15, -0.1) is 0 Å². The summed E-state index contributed by atoms with van der Waals surface area (Å²) < 4.78 is 1.83. The predicted molar refractivity (Wildman–Crippen MR) is 75.6 cm³/mol. The Morgan fingerprint density at radius 3 is 2.84 bits per heavy atom. The van der Waals surface area contributed by atoms with Gasteiger partial charge in [0.15, 0.2) is 0 Å². The zero-order valence-electron chi connectivity index (χ0n) is 11.4. The summed E-state index contributed by atoms with van der Waals surface area (Å²) in [6, 6.07) is 11.1. The Labute approximate surface area is 113 Å². The van der Waals surface area contributed by atoms with E-state index in [1.165, 1.54) is 11.1 Å². The van der Waals surface area contributed by atoms with Crippen molar-refractivity contribution in [1.29, 1.82) is 0 Å². The second kappa shape index (κ2) is 4.79. The smallest absolute Gasteiger partial charge is 0.0791 e. The second-order valence-electron chi connectivity index (χ2n) is 5.34. The van der Waals surface area contributed by atoms with Crippen LogP contribution in [0.4, 0.5) is 0 Å². The van der Waals surface area contributed by atoms with Crippen molar-refractivity contribution in [1.82, 2.24) is 15.1 Å². The van der Waals surface area contributed by atoms with Gasteiger partial charge in [-0.3, -0.25) is 4.68 Å². The van der Waals surface area contributed by atoms with E-state index in [0.717, 1.165) is 12.1 Å². The number of aryl methyl sites for hydroxylation is 1. The molecular formula is C15H20N4. The molecule has 0 amide bonds. The third kappa shape index (κ3) is 2.29. The van der Waals surface area contributed by atoms with Crippen LogP contribution in [0.5, 0.6) is 0 Å². The molecular weight excluding hydrogens is 236 g/mol. The van der Waals surface area contributed by atoms with Gasteiger partial charge in [-0.1, -0.05) is 24.3 Å². The quantitative estimate of drug-likeness (QED) is 0.878. The van der Waals surface area contributed by atoms with E-state index in [2.05, 4.69) is 41.6 Å². The fourth-order valence-electron chi connectivity index (χ4n) is 2.86. The highest BCUT2D eigenvalue weighted by Crippen LogP contribution is 2.30. The lowest BCUT2D eigenvalue weighted by atomic mass is 10.1. The van der Waals surface area contributed by atoms with Crippen molar-refractivity contribution >= 4 is 0 Å². The van der Waals surface area contributed by atoms with Crippen molar-refractivity contribution in [3.8, 4) is 0 Å². The molecule has 19 heavy (non-hydrogen) atoms. The molecule has 1 unspecified atom stereocenters. The SMILES string of the molecule is CC(N[C@@H]1Cc2ccccc2[C@H]1N)c1ccn(C)n1. The summed E-state index contributed by atoms with van der Waals surface area (Å²) in [5.74, 6) is 0. The van der Waals surface area contributed by atoms with Gasteiger partial charge in [0, 0.05) is 31.4 Å². The van der Waals surface area contributed by atoms with Crippen LogP contribution < -0.4 is 11.1 Å². The predicted octanol–water partition coefficient (Wildman–Crippen LogP) is 1.70. The maximum absolute atomic E-state index is 6.33. The zero-order valence-corrected chi connectivity index (χ0v) is 11.4. The minimum atomic E-state index is 0.0716. The van der Waals surface area contributed by atoms with Crippen molar-refractivity contribution < 1.29 is 0 Å². The Kier molecular flexibility index (Phi) is 3.12. The summed E-state index contributed by atoms with van der Waals surface area (Å²) in [5, 5.41) is 8.04. The molecule has 0 saturated heterocycles. The molecule has 4 heteroatoms. The number of nitrogens with two attached hydrogens (primary N) is 1. The highest BCUT2D eigenvalue weighted by atomic mass is 15.3. The number of benzene rings is 1. The second-order valence-corrected chi connectivity index (χ2v) is 5.34. The van der Waals surface area contributed by atoms with Gasteiger partial charge in [0.1, 0.15) is 0 Å². The Balaban J connectivity index is 1.72. The van der Waals surface area contributed by atoms with Crippen LogP contribution in [0.1, 0.15) is 35.8 Å². The first-order valence-electron chi connectivity index (χ1n) is 6.74. The average molecular weight is 256 g/mol. The van der Waals surface area contributed by atoms with E-state index < -0.39 is 0 Å². The summed E-state index contributed by atoms with van der Waals surface area (Å²) in [6.45, 7) is 2.14. The summed E-state index contributed by atoms with van der Waals surface area (Å²) in [7, 11) is 1.94. The molecule has 3 atom stereocenters. The lowest BCUT2D eigenvalue weighted by Gasteiger charge is -2.22. The molecule has 0 radical (unpaired) electrons. The third-order valence-electron chi connectivity index (χ3n) is 3.93. The topological polar surface area (TPSA) is 55.9 Å². The molecule has 0 spiro atoms. The van der Waals surface area contributed by atoms with Crippen molar-refractivity contribution in [2.75, 3.05) is 0 Å². The van der Waals surface area contributed by atoms with Crippen LogP contribution in [0.25, 0.3) is 0 Å². The largest absolute Gasteiger partial charge is 0.323 e. The van der Waals surface area contributed by atoms with Crippen LogP contribution in [-0.4, -0.2) is 15.8 Å². The van der Waals surface area contributed by atoms with E-state index in [0.29, 0.717) is 0 Å². The van der Waals surface area contributed by atoms with Crippen molar-refractivity contribution in [2.45, 2.75) is 31.5 Å². The third-order valence-corrected chi connectivity index (χ3v) is 3.93. The first-order chi connectivity index (χ1) is 9.15. The first kappa shape index (κ1) is 12.4. The summed E-state index contributed by atoms with van der Waals surface area (Å²) >= 11 is 0. The first-order valence-corrected chi connectivity index (χ1v) is 6.74. The normalized spacial score (nSPS) is 23.3. The van der Waals surface area contributed by atoms with Gasteiger partial charge < -0.3 is 11.1 Å². The molecule has 1 aliphatic rings. The number of fused-ring (bicyclic) bond motifs is 1. The lowest BCUT2D eigenvalue weighted by Crippen LogP contribution is -2.38. The average Bonchev–Trinajstić information content (AvgIpc) is 2.96.